The van der Waals surface area contributed by atoms with Gasteiger partial charge in [0.25, 0.3) is 11.5 Å². The monoisotopic (exact) mass is 460 g/mol. The normalized spacial score (nSPS) is 19.2. The maximum atomic E-state index is 13.6. The second-order valence-corrected chi connectivity index (χ2v) is 8.91. The number of amides is 1. The quantitative estimate of drug-likeness (QED) is 0.712. The lowest BCUT2D eigenvalue weighted by Gasteiger charge is -2.32. The largest absolute Gasteiger partial charge is 0.496 e. The molecule has 0 saturated carbocycles. The fourth-order valence-electron chi connectivity index (χ4n) is 4.84. The van der Waals surface area contributed by atoms with Gasteiger partial charge >= 0.3 is 0 Å². The molecule has 32 heavy (non-hydrogen) atoms. The highest BCUT2D eigenvalue weighted by Gasteiger charge is 2.35. The van der Waals surface area contributed by atoms with Crippen LogP contribution in [-0.4, -0.2) is 49.8 Å². The average Bonchev–Trinajstić information content (AvgIpc) is 3.29. The average molecular weight is 461 g/mol. The van der Waals surface area contributed by atoms with Crippen LogP contribution in [0, 0.1) is 19.8 Å². The number of hydrogen-bond acceptors (Lipinski definition) is 5. The topological polar surface area (TPSA) is 80.9 Å². The van der Waals surface area contributed by atoms with Gasteiger partial charge in [-0.05, 0) is 43.9 Å². The zero-order valence-corrected chi connectivity index (χ0v) is 19.7. The van der Waals surface area contributed by atoms with Crippen LogP contribution in [0.2, 0.25) is 5.02 Å². The number of H-pyrrole nitrogens is 1. The highest BCUT2D eigenvalue weighted by Crippen LogP contribution is 2.40. The number of fused-ring (bicyclic) bond motifs is 1. The number of hydrogen-bond donors (Lipinski definition) is 1. The summed E-state index contributed by atoms with van der Waals surface area (Å²) in [6.07, 6.45) is 1.32. The zero-order valence-electron chi connectivity index (χ0n) is 18.9. The predicted molar refractivity (Wildman–Crippen MR) is 122 cm³/mol. The van der Waals surface area contributed by atoms with Crippen molar-refractivity contribution in [3.8, 4) is 5.75 Å². The lowest BCUT2D eigenvalue weighted by atomic mass is 9.87. The molecule has 1 N–H and O–H groups in total. The first kappa shape index (κ1) is 22.8. The maximum absolute atomic E-state index is 13.6. The van der Waals surface area contributed by atoms with Gasteiger partial charge in [-0.1, -0.05) is 17.7 Å². The lowest BCUT2D eigenvalue weighted by molar-refractivity contribution is 0.0443. The minimum absolute atomic E-state index is 0.154. The number of rotatable bonds is 6. The summed E-state index contributed by atoms with van der Waals surface area (Å²) in [4.78, 5) is 30.6. The van der Waals surface area contributed by atoms with Crippen LogP contribution in [0.1, 0.15) is 50.8 Å². The number of halogens is 1. The summed E-state index contributed by atoms with van der Waals surface area (Å²) in [6.45, 7) is 5.77. The van der Waals surface area contributed by atoms with E-state index in [2.05, 4.69) is 4.98 Å². The van der Waals surface area contributed by atoms with Crippen molar-refractivity contribution in [2.24, 2.45) is 5.92 Å². The standard InChI is InChI=1S/C24H29ClN2O5/c1-13-9-17(22(31-4)15-6-8-32-12-15)21(25)20-16(13)5-7-27(24(20)29)11-18-19(30-3)10-14(2)26-23(18)28/h9-10,15,22H,5-8,11-12H2,1-4H3,(H,26,28)/t15-,22?/m0/s1. The molecule has 4 rings (SSSR count). The Hall–Kier alpha value is -2.35. The van der Waals surface area contributed by atoms with Crippen LogP contribution in [-0.2, 0) is 22.4 Å². The molecule has 1 aromatic carbocycles. The number of aromatic nitrogens is 1. The van der Waals surface area contributed by atoms with Gasteiger partial charge in [-0.2, -0.15) is 0 Å². The zero-order chi connectivity index (χ0) is 23.0. The van der Waals surface area contributed by atoms with Gasteiger partial charge in [-0.25, -0.2) is 0 Å². The van der Waals surface area contributed by atoms with E-state index in [1.807, 2.05) is 13.0 Å². The molecule has 2 aromatic rings. The summed E-state index contributed by atoms with van der Waals surface area (Å²) >= 11 is 6.86. The number of carbonyl (C=O) groups excluding carboxylic acids is 1. The molecule has 8 heteroatoms. The fourth-order valence-corrected chi connectivity index (χ4v) is 5.20. The second-order valence-electron chi connectivity index (χ2n) is 8.54. The SMILES string of the molecule is COc1cc(C)[nH]c(=O)c1CN1CCc2c(C)cc(C(OC)[C@H]3CCOC3)c(Cl)c2C1=O. The smallest absolute Gasteiger partial charge is 0.256 e. The van der Waals surface area contributed by atoms with Crippen LogP contribution >= 0.6 is 11.6 Å². The van der Waals surface area contributed by atoms with Crippen LogP contribution in [0.4, 0.5) is 0 Å². The first-order valence-electron chi connectivity index (χ1n) is 10.8. The van der Waals surface area contributed by atoms with E-state index in [4.69, 9.17) is 25.8 Å². The highest BCUT2D eigenvalue weighted by molar-refractivity contribution is 6.35. The van der Waals surface area contributed by atoms with Gasteiger partial charge in [-0.3, -0.25) is 9.59 Å². The van der Waals surface area contributed by atoms with E-state index in [-0.39, 0.29) is 30.0 Å². The molecule has 1 amide bonds. The van der Waals surface area contributed by atoms with Crippen LogP contribution in [0.15, 0.2) is 16.9 Å². The third kappa shape index (κ3) is 4.05. The van der Waals surface area contributed by atoms with Gasteiger partial charge in [0.15, 0.2) is 0 Å². The molecule has 1 unspecified atom stereocenters. The molecule has 0 bridgehead atoms. The first-order chi connectivity index (χ1) is 15.3. The van der Waals surface area contributed by atoms with Crippen LogP contribution in [0.5, 0.6) is 5.75 Å². The molecule has 0 aliphatic carbocycles. The van der Waals surface area contributed by atoms with Crippen molar-refractivity contribution in [1.82, 2.24) is 9.88 Å². The Kier molecular flexibility index (Phi) is 6.60. The van der Waals surface area contributed by atoms with Crippen molar-refractivity contribution in [2.45, 2.75) is 39.3 Å². The van der Waals surface area contributed by atoms with Crippen molar-refractivity contribution < 1.29 is 19.0 Å². The molecule has 172 valence electrons. The van der Waals surface area contributed by atoms with Crippen molar-refractivity contribution in [2.75, 3.05) is 34.0 Å². The Balaban J connectivity index is 1.71. The van der Waals surface area contributed by atoms with Gasteiger partial charge in [0.2, 0.25) is 0 Å². The molecule has 0 spiro atoms. The van der Waals surface area contributed by atoms with Gasteiger partial charge in [-0.15, -0.1) is 0 Å². The van der Waals surface area contributed by atoms with Crippen molar-refractivity contribution >= 4 is 17.5 Å². The van der Waals surface area contributed by atoms with E-state index in [0.29, 0.717) is 53.8 Å². The number of ether oxygens (including phenoxy) is 3. The van der Waals surface area contributed by atoms with Crippen molar-refractivity contribution in [1.29, 1.82) is 0 Å². The number of nitrogens with one attached hydrogen (secondary N) is 1. The number of aryl methyl sites for hydroxylation is 2. The van der Waals surface area contributed by atoms with Gasteiger partial charge in [0.05, 0.1) is 42.5 Å². The Morgan fingerprint density at radius 3 is 2.72 bits per heavy atom. The summed E-state index contributed by atoms with van der Waals surface area (Å²) in [7, 11) is 3.19. The van der Waals surface area contributed by atoms with Crippen LogP contribution < -0.4 is 10.3 Å². The summed E-state index contributed by atoms with van der Waals surface area (Å²) in [5, 5.41) is 0.434. The molecule has 2 aliphatic rings. The van der Waals surface area contributed by atoms with Gasteiger partial charge < -0.3 is 24.1 Å². The first-order valence-corrected chi connectivity index (χ1v) is 11.2. The number of methoxy groups -OCH3 is 2. The number of carbonyl (C=O) groups is 1. The van der Waals surface area contributed by atoms with E-state index < -0.39 is 0 Å². The van der Waals surface area contributed by atoms with E-state index in [1.54, 1.807) is 25.0 Å². The Morgan fingerprint density at radius 2 is 2.06 bits per heavy atom. The lowest BCUT2D eigenvalue weighted by Crippen LogP contribution is -2.39. The van der Waals surface area contributed by atoms with Crippen molar-refractivity contribution in [3.05, 3.63) is 61.0 Å². The summed E-state index contributed by atoms with van der Waals surface area (Å²) in [6, 6.07) is 3.81. The molecular weight excluding hydrogens is 432 g/mol. The Bertz CT molecular complexity index is 1090. The number of benzene rings is 1. The second kappa shape index (κ2) is 9.25. The molecule has 1 aromatic heterocycles. The van der Waals surface area contributed by atoms with E-state index in [0.717, 1.165) is 23.1 Å². The molecule has 2 aliphatic heterocycles. The molecule has 1 fully saturated rings. The third-order valence-electron chi connectivity index (χ3n) is 6.51. The highest BCUT2D eigenvalue weighted by atomic mass is 35.5. The molecule has 1 saturated heterocycles. The maximum Gasteiger partial charge on any atom is 0.256 e. The van der Waals surface area contributed by atoms with Gasteiger partial charge in [0, 0.05) is 37.4 Å². The van der Waals surface area contributed by atoms with Crippen LogP contribution in [0.3, 0.4) is 0 Å². The Morgan fingerprint density at radius 1 is 1.28 bits per heavy atom. The summed E-state index contributed by atoms with van der Waals surface area (Å²) in [5.74, 6) is 0.488. The third-order valence-corrected chi connectivity index (χ3v) is 6.91. The molecule has 7 nitrogen and oxygen atoms in total. The van der Waals surface area contributed by atoms with Crippen LogP contribution in [0.25, 0.3) is 0 Å². The fraction of sp³-hybridized carbons (Fsp3) is 0.500. The Labute approximate surface area is 192 Å². The number of nitrogens with zero attached hydrogens (tertiary/aromatic N) is 1. The van der Waals surface area contributed by atoms with E-state index in [9.17, 15) is 9.59 Å². The molecule has 3 heterocycles. The van der Waals surface area contributed by atoms with Crippen molar-refractivity contribution in [3.63, 3.8) is 0 Å². The predicted octanol–water partition coefficient (Wildman–Crippen LogP) is 3.58. The molecule has 2 atom stereocenters. The minimum atomic E-state index is -0.253. The van der Waals surface area contributed by atoms with Gasteiger partial charge in [0.1, 0.15) is 5.75 Å². The minimum Gasteiger partial charge on any atom is -0.496 e. The number of pyridine rings is 1. The molecule has 0 radical (unpaired) electrons. The summed E-state index contributed by atoms with van der Waals surface area (Å²) in [5.41, 5.74) is 4.20. The number of aromatic amines is 1. The molecular formula is C24H29ClN2O5. The van der Waals surface area contributed by atoms with E-state index in [1.165, 1.54) is 7.11 Å². The van der Waals surface area contributed by atoms with E-state index >= 15 is 0 Å². The summed E-state index contributed by atoms with van der Waals surface area (Å²) < 4.78 is 16.8.